The van der Waals surface area contributed by atoms with Crippen LogP contribution < -0.4 is 5.32 Å². The molecule has 0 spiro atoms. The maximum Gasteiger partial charge on any atom is 0.243 e. The van der Waals surface area contributed by atoms with Crippen LogP contribution >= 0.6 is 46.6 Å². The van der Waals surface area contributed by atoms with Gasteiger partial charge in [0, 0.05) is 44.5 Å². The molecule has 4 nitrogen and oxygen atoms in total. The smallest absolute Gasteiger partial charge is 0.243 e. The average molecular weight is 590 g/mol. The number of hydrogen-bond acceptors (Lipinski definition) is 3. The lowest BCUT2D eigenvalue weighted by molar-refractivity contribution is -0.139. The van der Waals surface area contributed by atoms with Gasteiger partial charge in [0.05, 0.1) is 5.75 Å². The molecule has 0 unspecified atom stereocenters. The fraction of sp³-hybridized carbons (Fsp3) is 0.333. The molecule has 0 radical (unpaired) electrons. The number of carbonyl (C=O) groups is 2. The molecule has 3 aromatic rings. The van der Waals surface area contributed by atoms with E-state index >= 15 is 0 Å². The van der Waals surface area contributed by atoms with E-state index in [0.29, 0.717) is 27.1 Å². The molecule has 1 saturated carbocycles. The average Bonchev–Trinajstić information content (AvgIpc) is 2.92. The van der Waals surface area contributed by atoms with E-state index < -0.39 is 6.04 Å². The topological polar surface area (TPSA) is 49.4 Å². The van der Waals surface area contributed by atoms with Crippen molar-refractivity contribution in [3.05, 3.63) is 99.0 Å². The molecule has 0 aromatic heterocycles. The molecular formula is C30H31Cl3N2O2S. The first kappa shape index (κ1) is 28.8. The Hall–Kier alpha value is -2.18. The van der Waals surface area contributed by atoms with Crippen molar-refractivity contribution < 1.29 is 9.59 Å². The second-order valence-corrected chi connectivity index (χ2v) is 11.8. The standard InChI is InChI=1S/C30H31Cl3N2O2S/c31-22-14-16-24(17-15-22)38-20-29(36)35(19-25-26(32)12-7-13-27(25)33)28(18-21-8-3-1-4-9-21)30(37)34-23-10-5-2-6-11-23/h1,3-4,7-9,12-17,23,28H,2,5-6,10-11,18-20H2,(H,34,37)/t28-/m1/s1. The van der Waals surface area contributed by atoms with Gasteiger partial charge in [0.1, 0.15) is 6.04 Å². The zero-order valence-corrected chi connectivity index (χ0v) is 24.1. The van der Waals surface area contributed by atoms with Crippen LogP contribution in [0.4, 0.5) is 0 Å². The van der Waals surface area contributed by atoms with E-state index in [1.54, 1.807) is 35.2 Å². The number of amides is 2. The van der Waals surface area contributed by atoms with Crippen molar-refractivity contribution in [2.24, 2.45) is 0 Å². The largest absolute Gasteiger partial charge is 0.352 e. The van der Waals surface area contributed by atoms with E-state index in [-0.39, 0.29) is 30.2 Å². The molecule has 1 aliphatic carbocycles. The molecule has 0 bridgehead atoms. The molecule has 3 aromatic carbocycles. The van der Waals surface area contributed by atoms with Gasteiger partial charge < -0.3 is 10.2 Å². The molecule has 8 heteroatoms. The number of rotatable bonds is 10. The van der Waals surface area contributed by atoms with Gasteiger partial charge in [0.15, 0.2) is 0 Å². The third-order valence-corrected chi connectivity index (χ3v) is 8.75. The Kier molecular flexibility index (Phi) is 10.8. The van der Waals surface area contributed by atoms with Crippen molar-refractivity contribution >= 4 is 58.4 Å². The maximum atomic E-state index is 13.9. The lowest BCUT2D eigenvalue weighted by Crippen LogP contribution is -2.53. The third-order valence-electron chi connectivity index (χ3n) is 6.79. The predicted octanol–water partition coefficient (Wildman–Crippen LogP) is 7.83. The summed E-state index contributed by atoms with van der Waals surface area (Å²) in [5, 5.41) is 4.82. The highest BCUT2D eigenvalue weighted by Gasteiger charge is 2.32. The van der Waals surface area contributed by atoms with E-state index in [1.165, 1.54) is 18.2 Å². The zero-order chi connectivity index (χ0) is 26.9. The van der Waals surface area contributed by atoms with E-state index in [0.717, 1.165) is 36.1 Å². The molecule has 4 rings (SSSR count). The van der Waals surface area contributed by atoms with Gasteiger partial charge in [-0.1, -0.05) is 90.5 Å². The van der Waals surface area contributed by atoms with Gasteiger partial charge in [-0.25, -0.2) is 0 Å². The predicted molar refractivity (Wildman–Crippen MR) is 158 cm³/mol. The summed E-state index contributed by atoms with van der Waals surface area (Å²) < 4.78 is 0. The van der Waals surface area contributed by atoms with Crippen LogP contribution in [0, 0.1) is 0 Å². The van der Waals surface area contributed by atoms with Crippen LogP contribution in [-0.4, -0.2) is 34.6 Å². The van der Waals surface area contributed by atoms with Crippen molar-refractivity contribution in [1.29, 1.82) is 0 Å². The molecule has 2 amide bonds. The minimum absolute atomic E-state index is 0.124. The molecule has 0 heterocycles. The second kappa shape index (κ2) is 14.3. The molecule has 1 atom stereocenters. The summed E-state index contributed by atoms with van der Waals surface area (Å²) >= 11 is 20.5. The normalized spacial score (nSPS) is 14.6. The van der Waals surface area contributed by atoms with Crippen molar-refractivity contribution in [3.8, 4) is 0 Å². The Bertz CT molecular complexity index is 1200. The lowest BCUT2D eigenvalue weighted by Gasteiger charge is -2.34. The van der Waals surface area contributed by atoms with Crippen LogP contribution in [0.2, 0.25) is 15.1 Å². The van der Waals surface area contributed by atoms with Crippen LogP contribution in [0.5, 0.6) is 0 Å². The highest BCUT2D eigenvalue weighted by Crippen LogP contribution is 2.29. The second-order valence-electron chi connectivity index (χ2n) is 9.51. The number of carbonyl (C=O) groups excluding carboxylic acids is 2. The van der Waals surface area contributed by atoms with Crippen molar-refractivity contribution in [3.63, 3.8) is 0 Å². The molecule has 1 aliphatic rings. The summed E-state index contributed by atoms with van der Waals surface area (Å²) in [7, 11) is 0. The van der Waals surface area contributed by atoms with Crippen molar-refractivity contribution in [1.82, 2.24) is 10.2 Å². The van der Waals surface area contributed by atoms with Crippen LogP contribution in [0.25, 0.3) is 0 Å². The van der Waals surface area contributed by atoms with Gasteiger partial charge in [0.25, 0.3) is 0 Å². The SMILES string of the molecule is O=C(NC1CCCCC1)[C@@H](Cc1ccccc1)N(Cc1c(Cl)cccc1Cl)C(=O)CSc1ccc(Cl)cc1. The molecule has 0 saturated heterocycles. The first-order valence-electron chi connectivity index (χ1n) is 12.9. The monoisotopic (exact) mass is 588 g/mol. The van der Waals surface area contributed by atoms with E-state index in [4.69, 9.17) is 34.8 Å². The highest BCUT2D eigenvalue weighted by molar-refractivity contribution is 8.00. The summed E-state index contributed by atoms with van der Waals surface area (Å²) in [5.41, 5.74) is 1.61. The van der Waals surface area contributed by atoms with Gasteiger partial charge in [-0.3, -0.25) is 9.59 Å². The van der Waals surface area contributed by atoms with Gasteiger partial charge in [-0.2, -0.15) is 0 Å². The van der Waals surface area contributed by atoms with E-state index in [9.17, 15) is 9.59 Å². The van der Waals surface area contributed by atoms with Crippen LogP contribution in [0.1, 0.15) is 43.2 Å². The Morgan fingerprint density at radius 3 is 2.18 bits per heavy atom. The van der Waals surface area contributed by atoms with Gasteiger partial charge in [-0.05, 0) is 54.8 Å². The van der Waals surface area contributed by atoms with Gasteiger partial charge in [-0.15, -0.1) is 11.8 Å². The number of hydrogen-bond donors (Lipinski definition) is 1. The fourth-order valence-electron chi connectivity index (χ4n) is 4.71. The van der Waals surface area contributed by atoms with Gasteiger partial charge >= 0.3 is 0 Å². The van der Waals surface area contributed by atoms with E-state index in [2.05, 4.69) is 5.32 Å². The Morgan fingerprint density at radius 2 is 1.53 bits per heavy atom. The Balaban J connectivity index is 1.64. The Morgan fingerprint density at radius 1 is 0.868 bits per heavy atom. The highest BCUT2D eigenvalue weighted by atomic mass is 35.5. The molecule has 0 aliphatic heterocycles. The van der Waals surface area contributed by atoms with Crippen LogP contribution in [0.15, 0.2) is 77.7 Å². The minimum atomic E-state index is -0.718. The molecule has 200 valence electrons. The number of nitrogens with zero attached hydrogens (tertiary/aromatic N) is 1. The number of nitrogens with one attached hydrogen (secondary N) is 1. The first-order chi connectivity index (χ1) is 18.4. The summed E-state index contributed by atoms with van der Waals surface area (Å²) in [5.74, 6) is -0.152. The summed E-state index contributed by atoms with van der Waals surface area (Å²) in [6, 6.07) is 21.8. The molecule has 1 fully saturated rings. The van der Waals surface area contributed by atoms with Crippen LogP contribution in [0.3, 0.4) is 0 Å². The first-order valence-corrected chi connectivity index (χ1v) is 15.0. The quantitative estimate of drug-likeness (QED) is 0.245. The summed E-state index contributed by atoms with van der Waals surface area (Å²) in [4.78, 5) is 30.3. The number of benzene rings is 3. The molecule has 38 heavy (non-hydrogen) atoms. The van der Waals surface area contributed by atoms with Crippen LogP contribution in [-0.2, 0) is 22.6 Å². The fourth-order valence-corrected chi connectivity index (χ4v) is 6.14. The summed E-state index contributed by atoms with van der Waals surface area (Å²) in [6.07, 6.45) is 5.70. The maximum absolute atomic E-state index is 13.9. The summed E-state index contributed by atoms with van der Waals surface area (Å²) in [6.45, 7) is 0.133. The minimum Gasteiger partial charge on any atom is -0.352 e. The zero-order valence-electron chi connectivity index (χ0n) is 21.0. The van der Waals surface area contributed by atoms with Crippen molar-refractivity contribution in [2.45, 2.75) is 62.0 Å². The number of halogens is 3. The van der Waals surface area contributed by atoms with Crippen molar-refractivity contribution in [2.75, 3.05) is 5.75 Å². The van der Waals surface area contributed by atoms with E-state index in [1.807, 2.05) is 42.5 Å². The third kappa shape index (κ3) is 8.16. The molecule has 1 N–H and O–H groups in total. The molecular weight excluding hydrogens is 559 g/mol. The van der Waals surface area contributed by atoms with Gasteiger partial charge in [0.2, 0.25) is 11.8 Å². The Labute approximate surface area is 244 Å². The number of thioether (sulfide) groups is 1. The lowest BCUT2D eigenvalue weighted by atomic mass is 9.94.